The highest BCUT2D eigenvalue weighted by molar-refractivity contribution is 4.87. The van der Waals surface area contributed by atoms with Crippen LogP contribution in [0.2, 0.25) is 0 Å². The van der Waals surface area contributed by atoms with E-state index in [1.807, 2.05) is 0 Å². The average molecular weight is 269 g/mol. The van der Waals surface area contributed by atoms with Crippen molar-refractivity contribution in [3.63, 3.8) is 0 Å². The molecule has 0 aliphatic rings. The van der Waals surface area contributed by atoms with Crippen LogP contribution in [0.25, 0.3) is 0 Å². The van der Waals surface area contributed by atoms with Gasteiger partial charge in [-0.1, -0.05) is 82.1 Å². The van der Waals surface area contributed by atoms with Crippen LogP contribution >= 0.6 is 0 Å². The first-order valence-electron chi connectivity index (χ1n) is 8.61. The van der Waals surface area contributed by atoms with E-state index >= 15 is 0 Å². The van der Waals surface area contributed by atoms with E-state index in [1.54, 1.807) is 0 Å². The predicted octanol–water partition coefficient (Wildman–Crippen LogP) is 6.65. The van der Waals surface area contributed by atoms with E-state index in [0.717, 1.165) is 35.5 Å². The molecule has 0 N–H and O–H groups in total. The third kappa shape index (κ3) is 4.50. The van der Waals surface area contributed by atoms with Crippen molar-refractivity contribution in [1.29, 1.82) is 0 Å². The molecule has 0 amide bonds. The summed E-state index contributed by atoms with van der Waals surface area (Å²) in [6, 6.07) is 0. The van der Waals surface area contributed by atoms with Crippen molar-refractivity contribution in [2.75, 3.05) is 0 Å². The van der Waals surface area contributed by atoms with Crippen LogP contribution in [0.4, 0.5) is 0 Å². The summed E-state index contributed by atoms with van der Waals surface area (Å²) in [4.78, 5) is 0. The van der Waals surface area contributed by atoms with Gasteiger partial charge in [-0.2, -0.15) is 0 Å². The van der Waals surface area contributed by atoms with Gasteiger partial charge in [-0.25, -0.2) is 0 Å². The second-order valence-electron chi connectivity index (χ2n) is 7.89. The molecule has 0 aromatic carbocycles. The van der Waals surface area contributed by atoms with Gasteiger partial charge in [-0.05, 0) is 40.9 Å². The minimum absolute atomic E-state index is 0.427. The topological polar surface area (TPSA) is 0 Å². The maximum Gasteiger partial charge on any atom is -0.0298 e. The third-order valence-electron chi connectivity index (χ3n) is 7.00. The Morgan fingerprint density at radius 1 is 0.632 bits per heavy atom. The molecule has 0 aliphatic carbocycles. The Morgan fingerprint density at radius 2 is 1.05 bits per heavy atom. The lowest BCUT2D eigenvalue weighted by molar-refractivity contribution is 0.0348. The van der Waals surface area contributed by atoms with Crippen LogP contribution in [0.5, 0.6) is 0 Å². The van der Waals surface area contributed by atoms with Gasteiger partial charge in [0.1, 0.15) is 0 Å². The Morgan fingerprint density at radius 3 is 1.42 bits per heavy atom. The van der Waals surface area contributed by atoms with Crippen molar-refractivity contribution < 1.29 is 0 Å². The quantitative estimate of drug-likeness (QED) is 0.462. The molecule has 0 aliphatic heterocycles. The Bertz CT molecular complexity index is 240. The molecule has 0 aromatic heterocycles. The van der Waals surface area contributed by atoms with Crippen molar-refractivity contribution in [3.05, 3.63) is 0 Å². The van der Waals surface area contributed by atoms with Gasteiger partial charge in [0.05, 0.1) is 0 Å². The lowest BCUT2D eigenvalue weighted by Gasteiger charge is -2.45. The SMILES string of the molecule is CCC(C)C(C)C(C)C(C)C(C)(C)C(C)C(C)CC. The molecule has 0 heterocycles. The molecule has 116 valence electrons. The van der Waals surface area contributed by atoms with Crippen molar-refractivity contribution in [2.24, 2.45) is 40.9 Å². The van der Waals surface area contributed by atoms with Crippen LogP contribution in [0, 0.1) is 40.9 Å². The zero-order valence-corrected chi connectivity index (χ0v) is 15.4. The normalized spacial score (nSPS) is 22.4. The summed E-state index contributed by atoms with van der Waals surface area (Å²) in [6.07, 6.45) is 2.60. The highest BCUT2D eigenvalue weighted by Gasteiger charge is 2.38. The van der Waals surface area contributed by atoms with Crippen LogP contribution < -0.4 is 0 Å². The van der Waals surface area contributed by atoms with E-state index < -0.39 is 0 Å². The Labute approximate surface area is 123 Å². The lowest BCUT2D eigenvalue weighted by Crippen LogP contribution is -2.38. The van der Waals surface area contributed by atoms with E-state index in [4.69, 9.17) is 0 Å². The largest absolute Gasteiger partial charge is 0.0651 e. The fraction of sp³-hybridized carbons (Fsp3) is 1.00. The van der Waals surface area contributed by atoms with Crippen molar-refractivity contribution in [2.45, 2.75) is 82.1 Å². The highest BCUT2D eigenvalue weighted by atomic mass is 14.4. The van der Waals surface area contributed by atoms with Crippen LogP contribution in [-0.2, 0) is 0 Å². The van der Waals surface area contributed by atoms with Crippen molar-refractivity contribution in [3.8, 4) is 0 Å². The van der Waals surface area contributed by atoms with E-state index in [1.165, 1.54) is 12.8 Å². The van der Waals surface area contributed by atoms with E-state index in [0.29, 0.717) is 5.41 Å². The zero-order valence-electron chi connectivity index (χ0n) is 15.4. The fourth-order valence-corrected chi connectivity index (χ4v) is 3.52. The standard InChI is InChI=1S/C19H40/c1-11-13(3)15(5)16(6)18(8)19(9,10)17(7)14(4)12-2/h13-18H,11-12H2,1-10H3. The number of hydrogen-bond acceptors (Lipinski definition) is 0. The summed E-state index contributed by atoms with van der Waals surface area (Å²) in [7, 11) is 0. The summed E-state index contributed by atoms with van der Waals surface area (Å²) in [5.74, 6) is 4.86. The first-order valence-corrected chi connectivity index (χ1v) is 8.61. The van der Waals surface area contributed by atoms with Gasteiger partial charge in [-0.15, -0.1) is 0 Å². The Hall–Kier alpha value is 0. The molecule has 0 radical (unpaired) electrons. The van der Waals surface area contributed by atoms with Gasteiger partial charge in [0, 0.05) is 0 Å². The second kappa shape index (κ2) is 7.70. The number of hydrogen-bond donors (Lipinski definition) is 0. The van der Waals surface area contributed by atoms with Gasteiger partial charge >= 0.3 is 0 Å². The average Bonchev–Trinajstić information content (AvgIpc) is 2.41. The minimum atomic E-state index is 0.427. The molecular weight excluding hydrogens is 228 g/mol. The molecule has 0 heteroatoms. The van der Waals surface area contributed by atoms with Crippen LogP contribution in [-0.4, -0.2) is 0 Å². The molecular formula is C19H40. The van der Waals surface area contributed by atoms with E-state index in [2.05, 4.69) is 69.2 Å². The van der Waals surface area contributed by atoms with Crippen LogP contribution in [0.15, 0.2) is 0 Å². The van der Waals surface area contributed by atoms with Crippen molar-refractivity contribution in [1.82, 2.24) is 0 Å². The molecule has 0 rings (SSSR count). The molecule has 0 fully saturated rings. The van der Waals surface area contributed by atoms with E-state index in [9.17, 15) is 0 Å². The van der Waals surface area contributed by atoms with Gasteiger partial charge in [0.25, 0.3) is 0 Å². The lowest BCUT2D eigenvalue weighted by atomic mass is 9.60. The Balaban J connectivity index is 4.91. The first kappa shape index (κ1) is 19.0. The molecule has 0 saturated carbocycles. The maximum absolute atomic E-state index is 2.49. The minimum Gasteiger partial charge on any atom is -0.0651 e. The summed E-state index contributed by atoms with van der Waals surface area (Å²) in [5, 5.41) is 0. The third-order valence-corrected chi connectivity index (χ3v) is 7.00. The molecule has 0 aromatic rings. The maximum atomic E-state index is 2.49. The van der Waals surface area contributed by atoms with Gasteiger partial charge in [0.15, 0.2) is 0 Å². The highest BCUT2D eigenvalue weighted by Crippen LogP contribution is 2.45. The smallest absolute Gasteiger partial charge is 0.0298 e. The van der Waals surface area contributed by atoms with E-state index in [-0.39, 0.29) is 0 Å². The van der Waals surface area contributed by atoms with Gasteiger partial charge in [-0.3, -0.25) is 0 Å². The molecule has 6 atom stereocenters. The summed E-state index contributed by atoms with van der Waals surface area (Å²) in [5.41, 5.74) is 0.427. The molecule has 0 nitrogen and oxygen atoms in total. The van der Waals surface area contributed by atoms with Gasteiger partial charge < -0.3 is 0 Å². The molecule has 6 unspecified atom stereocenters. The van der Waals surface area contributed by atoms with Crippen LogP contribution in [0.3, 0.4) is 0 Å². The fourth-order valence-electron chi connectivity index (χ4n) is 3.52. The van der Waals surface area contributed by atoms with Crippen molar-refractivity contribution >= 4 is 0 Å². The summed E-state index contributed by atoms with van der Waals surface area (Å²) < 4.78 is 0. The molecule has 0 saturated heterocycles. The monoisotopic (exact) mass is 268 g/mol. The zero-order chi connectivity index (χ0) is 15.4. The molecule has 0 bridgehead atoms. The summed E-state index contributed by atoms with van der Waals surface area (Å²) >= 11 is 0. The Kier molecular flexibility index (Phi) is 7.70. The van der Waals surface area contributed by atoms with Crippen LogP contribution in [0.1, 0.15) is 82.1 Å². The first-order chi connectivity index (χ1) is 8.61. The molecule has 0 spiro atoms. The number of rotatable bonds is 8. The van der Waals surface area contributed by atoms with Gasteiger partial charge in [0.2, 0.25) is 0 Å². The molecule has 19 heavy (non-hydrogen) atoms. The predicted molar refractivity (Wildman–Crippen MR) is 89.3 cm³/mol. The summed E-state index contributed by atoms with van der Waals surface area (Å²) in [6.45, 7) is 24.4. The second-order valence-corrected chi connectivity index (χ2v) is 7.89.